The first-order chi connectivity index (χ1) is 15.7. The fourth-order valence-corrected chi connectivity index (χ4v) is 7.68. The molecule has 2 aliphatic rings. The molecular weight excluding hydrogens is 476 g/mol. The summed E-state index contributed by atoms with van der Waals surface area (Å²) in [6, 6.07) is 6.26. The lowest BCUT2D eigenvalue weighted by Gasteiger charge is -2.32. The Morgan fingerprint density at radius 1 is 0.971 bits per heavy atom. The number of hydrogen-bond acceptors (Lipinski definition) is 6. The number of anilines is 1. The lowest BCUT2D eigenvalue weighted by molar-refractivity contribution is -0.120. The Kier molecular flexibility index (Phi) is 8.17. The van der Waals surface area contributed by atoms with E-state index in [0.29, 0.717) is 44.2 Å². The van der Waals surface area contributed by atoms with Crippen LogP contribution >= 0.6 is 0 Å². The number of nitrogens with one attached hydrogen (secondary N) is 2. The maximum absolute atomic E-state index is 13.2. The van der Waals surface area contributed by atoms with Crippen molar-refractivity contribution in [1.29, 1.82) is 0 Å². The maximum atomic E-state index is 13.2. The molecule has 1 aliphatic carbocycles. The van der Waals surface area contributed by atoms with E-state index in [2.05, 4.69) is 10.0 Å². The van der Waals surface area contributed by atoms with E-state index in [4.69, 9.17) is 4.74 Å². The first-order valence-electron chi connectivity index (χ1n) is 12.0. The van der Waals surface area contributed by atoms with Crippen LogP contribution in [0.2, 0.25) is 0 Å². The summed E-state index contributed by atoms with van der Waals surface area (Å²) in [4.78, 5) is 13.1. The summed E-state index contributed by atoms with van der Waals surface area (Å²) in [5, 5.41) is 2.36. The molecule has 10 heteroatoms. The van der Waals surface area contributed by atoms with Crippen molar-refractivity contribution in [2.75, 3.05) is 5.32 Å². The van der Waals surface area contributed by atoms with E-state index in [0.717, 1.165) is 0 Å². The highest BCUT2D eigenvalue weighted by Gasteiger charge is 2.36. The topological polar surface area (TPSA) is 119 Å². The minimum atomic E-state index is -3.54. The van der Waals surface area contributed by atoms with Crippen LogP contribution in [0.5, 0.6) is 0 Å². The fourth-order valence-electron chi connectivity index (χ4n) is 4.65. The van der Waals surface area contributed by atoms with Gasteiger partial charge in [-0.25, -0.2) is 21.6 Å². The highest BCUT2D eigenvalue weighted by atomic mass is 32.2. The highest BCUT2D eigenvalue weighted by Crippen LogP contribution is 2.31. The number of sulfonamides is 1. The van der Waals surface area contributed by atoms with E-state index < -0.39 is 29.9 Å². The molecule has 1 saturated heterocycles. The van der Waals surface area contributed by atoms with Gasteiger partial charge in [0.2, 0.25) is 15.9 Å². The Bertz CT molecular complexity index is 1080. The van der Waals surface area contributed by atoms with E-state index in [1.54, 1.807) is 39.0 Å². The summed E-state index contributed by atoms with van der Waals surface area (Å²) in [5.41, 5.74) is 0.454. The molecule has 34 heavy (non-hydrogen) atoms. The average molecular weight is 515 g/mol. The Labute approximate surface area is 204 Å². The third-order valence-electron chi connectivity index (χ3n) is 6.75. The molecule has 192 valence electrons. The van der Waals surface area contributed by atoms with Crippen molar-refractivity contribution in [3.8, 4) is 0 Å². The Balaban J connectivity index is 1.61. The largest absolute Gasteiger partial charge is 0.375 e. The predicted molar refractivity (Wildman–Crippen MR) is 133 cm³/mol. The maximum Gasteiger partial charge on any atom is 0.227 e. The third kappa shape index (κ3) is 6.38. The summed E-state index contributed by atoms with van der Waals surface area (Å²) in [5.74, 6) is -0.409. The second-order valence-corrected chi connectivity index (χ2v) is 15.4. The Morgan fingerprint density at radius 2 is 1.56 bits per heavy atom. The molecule has 1 aromatic rings. The van der Waals surface area contributed by atoms with E-state index in [9.17, 15) is 21.6 Å². The number of amides is 1. The van der Waals surface area contributed by atoms with Gasteiger partial charge in [-0.2, -0.15) is 0 Å². The zero-order chi connectivity index (χ0) is 25.3. The van der Waals surface area contributed by atoms with Crippen LogP contribution in [-0.2, 0) is 29.4 Å². The quantitative estimate of drug-likeness (QED) is 0.598. The molecule has 3 atom stereocenters. The normalized spacial score (nSPS) is 28.9. The smallest absolute Gasteiger partial charge is 0.227 e. The van der Waals surface area contributed by atoms with Gasteiger partial charge in [0.1, 0.15) is 0 Å². The molecule has 1 aromatic carbocycles. The van der Waals surface area contributed by atoms with E-state index in [1.807, 2.05) is 13.8 Å². The Morgan fingerprint density at radius 3 is 2.12 bits per heavy atom. The summed E-state index contributed by atoms with van der Waals surface area (Å²) in [6.45, 7) is 8.75. The SMILES string of the molecule is C[C@@H]1CC(S(=O)(=O)c2cccc(NC(=O)C3CCC(NS(=O)(=O)C(C)(C)C)CC3)c2)C[C@H](C)O1. The van der Waals surface area contributed by atoms with Gasteiger partial charge in [0.25, 0.3) is 0 Å². The molecule has 0 spiro atoms. The summed E-state index contributed by atoms with van der Waals surface area (Å²) in [6.07, 6.45) is 2.97. The molecule has 1 heterocycles. The van der Waals surface area contributed by atoms with Crippen molar-refractivity contribution in [2.45, 2.75) is 106 Å². The van der Waals surface area contributed by atoms with Crippen LogP contribution in [0.25, 0.3) is 0 Å². The van der Waals surface area contributed by atoms with Crippen LogP contribution in [0, 0.1) is 5.92 Å². The van der Waals surface area contributed by atoms with Gasteiger partial charge in [0.05, 0.1) is 27.1 Å². The molecular formula is C24H38N2O6S2. The molecule has 1 saturated carbocycles. The van der Waals surface area contributed by atoms with Gasteiger partial charge in [0, 0.05) is 17.6 Å². The van der Waals surface area contributed by atoms with Gasteiger partial charge >= 0.3 is 0 Å². The molecule has 0 bridgehead atoms. The number of carbonyl (C=O) groups is 1. The second kappa shape index (κ2) is 10.2. The average Bonchev–Trinajstić information content (AvgIpc) is 2.72. The highest BCUT2D eigenvalue weighted by molar-refractivity contribution is 7.92. The number of sulfone groups is 1. The monoisotopic (exact) mass is 514 g/mol. The van der Waals surface area contributed by atoms with Gasteiger partial charge in [-0.05, 0) is 91.3 Å². The number of ether oxygens (including phenoxy) is 1. The zero-order valence-electron chi connectivity index (χ0n) is 20.7. The van der Waals surface area contributed by atoms with Crippen molar-refractivity contribution in [3.63, 3.8) is 0 Å². The first kappa shape index (κ1) is 27.1. The van der Waals surface area contributed by atoms with Crippen LogP contribution in [0.15, 0.2) is 29.2 Å². The third-order valence-corrected chi connectivity index (χ3v) is 11.2. The van der Waals surface area contributed by atoms with Gasteiger partial charge < -0.3 is 10.1 Å². The lowest BCUT2D eigenvalue weighted by Crippen LogP contribution is -2.46. The van der Waals surface area contributed by atoms with E-state index >= 15 is 0 Å². The number of rotatable bonds is 6. The molecule has 1 amide bonds. The molecule has 1 aliphatic heterocycles. The zero-order valence-corrected chi connectivity index (χ0v) is 22.3. The van der Waals surface area contributed by atoms with Gasteiger partial charge in [-0.3, -0.25) is 4.79 Å². The van der Waals surface area contributed by atoms with Crippen molar-refractivity contribution < 1.29 is 26.4 Å². The number of benzene rings is 1. The predicted octanol–water partition coefficient (Wildman–Crippen LogP) is 3.63. The Hall–Kier alpha value is -1.49. The van der Waals surface area contributed by atoms with Crippen molar-refractivity contribution in [2.24, 2.45) is 5.92 Å². The van der Waals surface area contributed by atoms with Crippen molar-refractivity contribution in [3.05, 3.63) is 24.3 Å². The minimum absolute atomic E-state index is 0.116. The van der Waals surface area contributed by atoms with Crippen LogP contribution < -0.4 is 10.0 Å². The molecule has 1 unspecified atom stereocenters. The molecule has 2 N–H and O–H groups in total. The van der Waals surface area contributed by atoms with Crippen LogP contribution in [-0.4, -0.2) is 51.0 Å². The van der Waals surface area contributed by atoms with E-state index in [-0.39, 0.29) is 35.0 Å². The second-order valence-electron chi connectivity index (χ2n) is 10.7. The van der Waals surface area contributed by atoms with Crippen LogP contribution in [0.1, 0.15) is 73.1 Å². The van der Waals surface area contributed by atoms with Crippen LogP contribution in [0.4, 0.5) is 5.69 Å². The lowest BCUT2D eigenvalue weighted by atomic mass is 9.86. The van der Waals surface area contributed by atoms with Crippen molar-refractivity contribution >= 4 is 31.5 Å². The standard InChI is InChI=1S/C24H38N2O6S2/c1-16-13-22(14-17(2)32-16)33(28,29)21-8-6-7-20(15-21)25-23(27)18-9-11-19(12-10-18)26-34(30,31)24(3,4)5/h6-8,15-19,22,26H,9-14H2,1-5H3,(H,25,27)/t16-,17+,18?,19?,22?. The molecule has 0 aromatic heterocycles. The summed E-state index contributed by atoms with van der Waals surface area (Å²) in [7, 11) is -6.98. The summed E-state index contributed by atoms with van der Waals surface area (Å²) < 4.78 is 58.8. The molecule has 3 rings (SSSR count). The van der Waals surface area contributed by atoms with Gasteiger partial charge in [0.15, 0.2) is 9.84 Å². The molecule has 0 radical (unpaired) electrons. The first-order valence-corrected chi connectivity index (χ1v) is 15.0. The number of carbonyl (C=O) groups excluding carboxylic acids is 1. The summed E-state index contributed by atoms with van der Waals surface area (Å²) >= 11 is 0. The van der Waals surface area contributed by atoms with Gasteiger partial charge in [-0.15, -0.1) is 0 Å². The van der Waals surface area contributed by atoms with Crippen LogP contribution in [0.3, 0.4) is 0 Å². The van der Waals surface area contributed by atoms with E-state index in [1.165, 1.54) is 6.07 Å². The molecule has 8 nitrogen and oxygen atoms in total. The fraction of sp³-hybridized carbons (Fsp3) is 0.708. The molecule has 2 fully saturated rings. The number of hydrogen-bond donors (Lipinski definition) is 2. The van der Waals surface area contributed by atoms with Gasteiger partial charge in [-0.1, -0.05) is 6.07 Å². The minimum Gasteiger partial charge on any atom is -0.375 e. The van der Waals surface area contributed by atoms with Crippen molar-refractivity contribution in [1.82, 2.24) is 4.72 Å².